The highest BCUT2D eigenvalue weighted by Gasteiger charge is 2.18. The second-order valence-corrected chi connectivity index (χ2v) is 19.6. The normalized spacial score (nSPS) is 12.8. The van der Waals surface area contributed by atoms with Gasteiger partial charge >= 0.3 is 5.97 Å². The number of hydrogen-bond donors (Lipinski definition) is 3. The van der Waals surface area contributed by atoms with E-state index in [4.69, 9.17) is 4.74 Å². The Labute approximate surface area is 399 Å². The largest absolute Gasteiger partial charge is 0.466 e. The van der Waals surface area contributed by atoms with Crippen LogP contribution < -0.4 is 5.32 Å². The summed E-state index contributed by atoms with van der Waals surface area (Å²) in [7, 11) is 0. The molecule has 0 aliphatic rings. The first-order valence-electron chi connectivity index (χ1n) is 28.6. The predicted octanol–water partition coefficient (Wildman–Crippen LogP) is 17.5. The second-order valence-electron chi connectivity index (χ2n) is 19.6. The molecular weight excluding hydrogens is 791 g/mol. The van der Waals surface area contributed by atoms with E-state index in [0.29, 0.717) is 19.4 Å². The van der Waals surface area contributed by atoms with E-state index in [-0.39, 0.29) is 18.5 Å². The van der Waals surface area contributed by atoms with Crippen molar-refractivity contribution in [1.29, 1.82) is 0 Å². The van der Waals surface area contributed by atoms with Crippen molar-refractivity contribution < 1.29 is 24.5 Å². The number of carbonyl (C=O) groups is 2. The minimum atomic E-state index is -0.852. The maximum atomic E-state index is 12.4. The van der Waals surface area contributed by atoms with E-state index >= 15 is 0 Å². The van der Waals surface area contributed by atoms with E-state index in [1.165, 1.54) is 225 Å². The van der Waals surface area contributed by atoms with Crippen LogP contribution in [0.4, 0.5) is 0 Å². The lowest BCUT2D eigenvalue weighted by molar-refractivity contribution is -0.143. The van der Waals surface area contributed by atoms with E-state index in [1.807, 2.05) is 6.08 Å². The zero-order valence-corrected chi connectivity index (χ0v) is 43.0. The molecule has 0 aromatic heterocycles. The van der Waals surface area contributed by atoms with Crippen LogP contribution >= 0.6 is 0 Å². The number of hydrogen-bond acceptors (Lipinski definition) is 5. The highest BCUT2D eigenvalue weighted by atomic mass is 16.5. The van der Waals surface area contributed by atoms with Crippen LogP contribution in [0.1, 0.15) is 309 Å². The van der Waals surface area contributed by atoms with Gasteiger partial charge in [0.05, 0.1) is 25.4 Å². The van der Waals surface area contributed by atoms with Crippen molar-refractivity contribution in [3.05, 3.63) is 24.3 Å². The molecular formula is C58H111NO5. The third-order valence-electron chi connectivity index (χ3n) is 13.2. The first kappa shape index (κ1) is 62.3. The Balaban J connectivity index is 3.47. The van der Waals surface area contributed by atoms with Crippen LogP contribution in [0.2, 0.25) is 0 Å². The summed E-state index contributed by atoms with van der Waals surface area (Å²) >= 11 is 0. The smallest absolute Gasteiger partial charge is 0.305 e. The average Bonchev–Trinajstić information content (AvgIpc) is 3.29. The fourth-order valence-electron chi connectivity index (χ4n) is 8.81. The van der Waals surface area contributed by atoms with Gasteiger partial charge in [-0.2, -0.15) is 0 Å². The highest BCUT2D eigenvalue weighted by Crippen LogP contribution is 2.16. The predicted molar refractivity (Wildman–Crippen MR) is 278 cm³/mol. The van der Waals surface area contributed by atoms with Gasteiger partial charge in [-0.05, 0) is 57.8 Å². The van der Waals surface area contributed by atoms with Crippen LogP contribution in [-0.4, -0.2) is 47.4 Å². The van der Waals surface area contributed by atoms with Gasteiger partial charge in [-0.1, -0.05) is 263 Å². The number of amides is 1. The molecule has 64 heavy (non-hydrogen) atoms. The first-order chi connectivity index (χ1) is 31.5. The lowest BCUT2D eigenvalue weighted by atomic mass is 10.0. The van der Waals surface area contributed by atoms with Crippen molar-refractivity contribution in [3.63, 3.8) is 0 Å². The number of esters is 1. The highest BCUT2D eigenvalue weighted by molar-refractivity contribution is 5.76. The molecule has 0 saturated heterocycles. The van der Waals surface area contributed by atoms with Crippen LogP contribution in [-0.2, 0) is 14.3 Å². The Morgan fingerprint density at radius 2 is 0.734 bits per heavy atom. The number of aliphatic hydroxyl groups is 2. The van der Waals surface area contributed by atoms with Crippen molar-refractivity contribution >= 4 is 11.9 Å². The second kappa shape index (κ2) is 54.0. The third-order valence-corrected chi connectivity index (χ3v) is 13.2. The van der Waals surface area contributed by atoms with Gasteiger partial charge in [-0.25, -0.2) is 0 Å². The number of rotatable bonds is 53. The number of aliphatic hydroxyl groups excluding tert-OH is 2. The molecule has 2 unspecified atom stereocenters. The summed E-state index contributed by atoms with van der Waals surface area (Å²) in [5, 5.41) is 23.1. The Hall–Kier alpha value is -1.66. The number of carbonyl (C=O) groups excluding carboxylic acids is 2. The topological polar surface area (TPSA) is 95.9 Å². The molecule has 0 aromatic rings. The molecule has 0 saturated carbocycles. The van der Waals surface area contributed by atoms with Crippen LogP contribution in [0.25, 0.3) is 0 Å². The Morgan fingerprint density at radius 1 is 0.422 bits per heavy atom. The molecule has 0 spiro atoms. The summed E-state index contributed by atoms with van der Waals surface area (Å²) in [6, 6.07) is -0.637. The summed E-state index contributed by atoms with van der Waals surface area (Å²) in [6.07, 6.45) is 64.8. The fourth-order valence-corrected chi connectivity index (χ4v) is 8.81. The summed E-state index contributed by atoms with van der Waals surface area (Å²) in [5.41, 5.74) is 0. The van der Waals surface area contributed by atoms with Crippen LogP contribution in [0.15, 0.2) is 24.3 Å². The average molecular weight is 903 g/mol. The van der Waals surface area contributed by atoms with Gasteiger partial charge in [-0.3, -0.25) is 9.59 Å². The summed E-state index contributed by atoms with van der Waals surface area (Å²) in [6.45, 7) is 4.90. The monoisotopic (exact) mass is 902 g/mol. The van der Waals surface area contributed by atoms with E-state index in [9.17, 15) is 19.8 Å². The Morgan fingerprint density at radius 3 is 1.11 bits per heavy atom. The summed E-state index contributed by atoms with van der Waals surface area (Å²) in [5.74, 6) is -0.0768. The molecule has 0 fully saturated rings. The molecule has 0 radical (unpaired) electrons. The maximum Gasteiger partial charge on any atom is 0.305 e. The van der Waals surface area contributed by atoms with Crippen molar-refractivity contribution in [2.75, 3.05) is 13.2 Å². The Kier molecular flexibility index (Phi) is 52.6. The molecule has 0 rings (SSSR count). The van der Waals surface area contributed by atoms with Gasteiger partial charge < -0.3 is 20.3 Å². The van der Waals surface area contributed by atoms with Gasteiger partial charge in [0.25, 0.3) is 0 Å². The molecule has 1 amide bonds. The number of allylic oxidation sites excluding steroid dienone is 3. The minimum absolute atomic E-state index is 0.00442. The molecule has 378 valence electrons. The lowest BCUT2D eigenvalue weighted by Crippen LogP contribution is -2.45. The van der Waals surface area contributed by atoms with E-state index in [1.54, 1.807) is 6.08 Å². The molecule has 0 aliphatic heterocycles. The SMILES string of the molecule is CCCCCCCCCCCCCCC/C=C/C(O)C(CO)NC(=O)CCCCCCC/C=C\CCCCCCCCCCCOC(=O)CCCCCCCCCCCCCCCC. The van der Waals surface area contributed by atoms with Crippen molar-refractivity contribution in [1.82, 2.24) is 5.32 Å². The lowest BCUT2D eigenvalue weighted by Gasteiger charge is -2.20. The van der Waals surface area contributed by atoms with Gasteiger partial charge in [-0.15, -0.1) is 0 Å². The minimum Gasteiger partial charge on any atom is -0.466 e. The zero-order valence-electron chi connectivity index (χ0n) is 43.0. The molecule has 2 atom stereocenters. The number of unbranched alkanes of at least 4 members (excludes halogenated alkanes) is 40. The van der Waals surface area contributed by atoms with Crippen molar-refractivity contribution in [3.8, 4) is 0 Å². The summed E-state index contributed by atoms with van der Waals surface area (Å²) in [4.78, 5) is 24.5. The molecule has 0 heterocycles. The molecule has 0 aromatic carbocycles. The van der Waals surface area contributed by atoms with Crippen LogP contribution in [0, 0.1) is 0 Å². The molecule has 3 N–H and O–H groups in total. The van der Waals surface area contributed by atoms with Gasteiger partial charge in [0.2, 0.25) is 5.91 Å². The van der Waals surface area contributed by atoms with Crippen LogP contribution in [0.3, 0.4) is 0 Å². The summed E-state index contributed by atoms with van der Waals surface area (Å²) < 4.78 is 5.47. The van der Waals surface area contributed by atoms with Gasteiger partial charge in [0.1, 0.15) is 0 Å². The number of nitrogens with one attached hydrogen (secondary N) is 1. The Bertz CT molecular complexity index is 997. The zero-order chi connectivity index (χ0) is 46.5. The van der Waals surface area contributed by atoms with Crippen LogP contribution in [0.5, 0.6) is 0 Å². The molecule has 0 bridgehead atoms. The van der Waals surface area contributed by atoms with E-state index in [0.717, 1.165) is 57.8 Å². The van der Waals surface area contributed by atoms with Crippen molar-refractivity contribution in [2.24, 2.45) is 0 Å². The molecule has 6 heteroatoms. The quantitative estimate of drug-likeness (QED) is 0.0321. The standard InChI is InChI=1S/C58H111NO5/c1-3-5-7-9-11-13-15-17-23-26-30-34-38-42-46-50-56(61)55(54-60)59-57(62)51-47-43-39-35-31-27-24-21-19-20-22-25-29-33-37-41-45-49-53-64-58(63)52-48-44-40-36-32-28-18-16-14-12-10-8-6-4-2/h21,24,46,50,55-56,60-61H,3-20,22-23,25-45,47-49,51-54H2,1-2H3,(H,59,62)/b24-21-,50-46+. The van der Waals surface area contributed by atoms with Gasteiger partial charge in [0, 0.05) is 12.8 Å². The molecule has 6 nitrogen and oxygen atoms in total. The van der Waals surface area contributed by atoms with E-state index < -0.39 is 12.1 Å². The maximum absolute atomic E-state index is 12.4. The van der Waals surface area contributed by atoms with Crippen molar-refractivity contribution in [2.45, 2.75) is 321 Å². The number of ether oxygens (including phenoxy) is 1. The molecule has 0 aliphatic carbocycles. The van der Waals surface area contributed by atoms with Gasteiger partial charge in [0.15, 0.2) is 0 Å². The third kappa shape index (κ3) is 49.8. The van der Waals surface area contributed by atoms with E-state index in [2.05, 4.69) is 31.3 Å². The first-order valence-corrected chi connectivity index (χ1v) is 28.6. The fraction of sp³-hybridized carbons (Fsp3) is 0.897.